The molecule has 1 aliphatic rings. The largest absolute Gasteiger partial charge is 0.326 e. The zero-order valence-electron chi connectivity index (χ0n) is 16.6. The molecule has 31 heavy (non-hydrogen) atoms. The van der Waals surface area contributed by atoms with E-state index in [9.17, 15) is 14.0 Å². The highest BCUT2D eigenvalue weighted by Crippen LogP contribution is 2.28. The Bertz CT molecular complexity index is 1150. The molecule has 1 aliphatic heterocycles. The molecule has 2 heterocycles. The van der Waals surface area contributed by atoms with Crippen molar-refractivity contribution in [3.8, 4) is 0 Å². The lowest BCUT2D eigenvalue weighted by Crippen LogP contribution is -2.30. The van der Waals surface area contributed by atoms with Crippen LogP contribution < -0.4 is 10.2 Å². The minimum absolute atomic E-state index is 0.00503. The standard InChI is InChI=1S/C21H19ClFN5O2S/c1-27-18(11-19(29)24-14-6-7-16(23)15(22)10-14)25-26-21(27)31-12-20(30)28-9-8-13-4-2-3-5-17(13)28/h2-7,10H,8-9,11-12H2,1H3,(H,24,29). The molecule has 3 aromatic rings. The molecule has 0 unspecified atom stereocenters. The van der Waals surface area contributed by atoms with Crippen molar-refractivity contribution in [2.75, 3.05) is 22.5 Å². The van der Waals surface area contributed by atoms with Crippen LogP contribution in [0, 0.1) is 5.82 Å². The molecular formula is C21H19ClFN5O2S. The zero-order valence-corrected chi connectivity index (χ0v) is 18.2. The number of halogens is 2. The van der Waals surface area contributed by atoms with Crippen molar-refractivity contribution in [1.82, 2.24) is 14.8 Å². The Balaban J connectivity index is 1.34. The first-order valence-corrected chi connectivity index (χ1v) is 10.9. The summed E-state index contributed by atoms with van der Waals surface area (Å²) >= 11 is 7.01. The van der Waals surface area contributed by atoms with E-state index in [1.165, 1.54) is 35.5 Å². The highest BCUT2D eigenvalue weighted by molar-refractivity contribution is 7.99. The van der Waals surface area contributed by atoms with Crippen molar-refractivity contribution in [2.45, 2.75) is 18.0 Å². The van der Waals surface area contributed by atoms with Crippen molar-refractivity contribution in [1.29, 1.82) is 0 Å². The molecule has 1 aromatic heterocycles. The van der Waals surface area contributed by atoms with Gasteiger partial charge >= 0.3 is 0 Å². The molecular weight excluding hydrogens is 441 g/mol. The Morgan fingerprint density at radius 3 is 2.84 bits per heavy atom. The predicted octanol–water partition coefficient (Wildman–Crippen LogP) is 3.47. The van der Waals surface area contributed by atoms with Crippen LogP contribution in [0.5, 0.6) is 0 Å². The van der Waals surface area contributed by atoms with E-state index in [0.29, 0.717) is 23.2 Å². The van der Waals surface area contributed by atoms with E-state index in [4.69, 9.17) is 11.6 Å². The lowest BCUT2D eigenvalue weighted by molar-refractivity contribution is -0.116. The average Bonchev–Trinajstić information content (AvgIpc) is 3.33. The SMILES string of the molecule is Cn1c(CC(=O)Nc2ccc(F)c(Cl)c2)nnc1SCC(=O)N1CCc2ccccc21. The number of hydrogen-bond donors (Lipinski definition) is 1. The Hall–Kier alpha value is -2.91. The second-order valence-electron chi connectivity index (χ2n) is 7.02. The molecule has 0 bridgehead atoms. The van der Waals surface area contributed by atoms with Gasteiger partial charge in [-0.2, -0.15) is 0 Å². The number of rotatable bonds is 6. The van der Waals surface area contributed by atoms with Gasteiger partial charge in [0.15, 0.2) is 5.16 Å². The number of nitrogens with zero attached hydrogens (tertiary/aromatic N) is 4. The van der Waals surface area contributed by atoms with Crippen LogP contribution in [0.1, 0.15) is 11.4 Å². The Labute approximate surface area is 187 Å². The lowest BCUT2D eigenvalue weighted by Gasteiger charge is -2.16. The molecule has 0 radical (unpaired) electrons. The number of thioether (sulfide) groups is 1. The van der Waals surface area contributed by atoms with Gasteiger partial charge in [0, 0.05) is 25.0 Å². The summed E-state index contributed by atoms with van der Waals surface area (Å²) in [6.07, 6.45) is 0.835. The van der Waals surface area contributed by atoms with Crippen molar-refractivity contribution in [3.05, 3.63) is 64.7 Å². The van der Waals surface area contributed by atoms with Gasteiger partial charge in [0.25, 0.3) is 0 Å². The summed E-state index contributed by atoms with van der Waals surface area (Å²) in [4.78, 5) is 26.8. The van der Waals surface area contributed by atoms with Gasteiger partial charge in [-0.1, -0.05) is 41.6 Å². The molecule has 160 valence electrons. The topological polar surface area (TPSA) is 80.1 Å². The second kappa shape index (κ2) is 9.07. The normalized spacial score (nSPS) is 12.7. The first-order valence-electron chi connectivity index (χ1n) is 9.56. The van der Waals surface area contributed by atoms with E-state index in [0.717, 1.165) is 12.1 Å². The summed E-state index contributed by atoms with van der Waals surface area (Å²) in [6.45, 7) is 0.677. The third-order valence-electron chi connectivity index (χ3n) is 4.96. The summed E-state index contributed by atoms with van der Waals surface area (Å²) in [5.41, 5.74) is 2.53. The van der Waals surface area contributed by atoms with Crippen LogP contribution in [-0.2, 0) is 29.5 Å². The van der Waals surface area contributed by atoms with Crippen molar-refractivity contribution < 1.29 is 14.0 Å². The highest BCUT2D eigenvalue weighted by Gasteiger charge is 2.24. The van der Waals surface area contributed by atoms with Gasteiger partial charge in [0.1, 0.15) is 11.6 Å². The molecule has 4 rings (SSSR count). The molecule has 2 aromatic carbocycles. The minimum atomic E-state index is -0.554. The number of fused-ring (bicyclic) bond motifs is 1. The number of amides is 2. The molecule has 2 amide bonds. The number of aromatic nitrogens is 3. The van der Waals surface area contributed by atoms with Crippen LogP contribution in [-0.4, -0.2) is 38.9 Å². The first-order chi connectivity index (χ1) is 14.9. The third-order valence-corrected chi connectivity index (χ3v) is 6.25. The first kappa shape index (κ1) is 21.3. The lowest BCUT2D eigenvalue weighted by atomic mass is 10.2. The molecule has 10 heteroatoms. The van der Waals surface area contributed by atoms with Crippen molar-refractivity contribution in [2.24, 2.45) is 7.05 Å². The Morgan fingerprint density at radius 2 is 2.03 bits per heavy atom. The number of carbonyl (C=O) groups is 2. The maximum atomic E-state index is 13.2. The fraction of sp³-hybridized carbons (Fsp3) is 0.238. The molecule has 0 atom stereocenters. The molecule has 0 fully saturated rings. The van der Waals surface area contributed by atoms with Crippen LogP contribution in [0.2, 0.25) is 5.02 Å². The average molecular weight is 460 g/mol. The molecule has 0 aliphatic carbocycles. The van der Waals surface area contributed by atoms with E-state index in [2.05, 4.69) is 15.5 Å². The fourth-order valence-electron chi connectivity index (χ4n) is 3.35. The maximum absolute atomic E-state index is 13.2. The van der Waals surface area contributed by atoms with Crippen molar-refractivity contribution >= 4 is 46.6 Å². The van der Waals surface area contributed by atoms with E-state index in [-0.39, 0.29) is 29.0 Å². The van der Waals surface area contributed by atoms with Crippen LogP contribution in [0.4, 0.5) is 15.8 Å². The number of para-hydroxylation sites is 1. The quantitative estimate of drug-likeness (QED) is 0.571. The maximum Gasteiger partial charge on any atom is 0.237 e. The van der Waals surface area contributed by atoms with Crippen LogP contribution >= 0.6 is 23.4 Å². The smallest absolute Gasteiger partial charge is 0.237 e. The molecule has 0 saturated carbocycles. The number of nitrogens with one attached hydrogen (secondary N) is 1. The molecule has 0 spiro atoms. The van der Waals surface area contributed by atoms with E-state index >= 15 is 0 Å². The summed E-state index contributed by atoms with van der Waals surface area (Å²) in [6, 6.07) is 11.9. The zero-order chi connectivity index (χ0) is 22.0. The number of anilines is 2. The van der Waals surface area contributed by atoms with E-state index in [1.54, 1.807) is 16.5 Å². The summed E-state index contributed by atoms with van der Waals surface area (Å²) in [5, 5.41) is 11.3. The van der Waals surface area contributed by atoms with Crippen molar-refractivity contribution in [3.63, 3.8) is 0 Å². The minimum Gasteiger partial charge on any atom is -0.326 e. The number of benzene rings is 2. The molecule has 7 nitrogen and oxygen atoms in total. The van der Waals surface area contributed by atoms with Gasteiger partial charge in [0.2, 0.25) is 11.8 Å². The third kappa shape index (κ3) is 4.72. The van der Waals surface area contributed by atoms with Gasteiger partial charge < -0.3 is 14.8 Å². The van der Waals surface area contributed by atoms with Crippen LogP contribution in [0.3, 0.4) is 0 Å². The van der Waals surface area contributed by atoms with Gasteiger partial charge in [-0.25, -0.2) is 4.39 Å². The van der Waals surface area contributed by atoms with Gasteiger partial charge in [0.05, 0.1) is 17.2 Å². The van der Waals surface area contributed by atoms with E-state index < -0.39 is 5.82 Å². The van der Waals surface area contributed by atoms with Gasteiger partial charge in [-0.3, -0.25) is 9.59 Å². The Morgan fingerprint density at radius 1 is 1.23 bits per heavy atom. The van der Waals surface area contributed by atoms with Crippen LogP contribution in [0.25, 0.3) is 0 Å². The predicted molar refractivity (Wildman–Crippen MR) is 118 cm³/mol. The Kier molecular flexibility index (Phi) is 6.24. The van der Waals surface area contributed by atoms with Gasteiger partial charge in [-0.05, 0) is 36.2 Å². The number of carbonyl (C=O) groups excluding carboxylic acids is 2. The van der Waals surface area contributed by atoms with Crippen LogP contribution in [0.15, 0.2) is 47.6 Å². The van der Waals surface area contributed by atoms with E-state index in [1.807, 2.05) is 24.3 Å². The number of hydrogen-bond acceptors (Lipinski definition) is 5. The summed E-state index contributed by atoms with van der Waals surface area (Å²) in [5.74, 6) is -0.209. The summed E-state index contributed by atoms with van der Waals surface area (Å²) < 4.78 is 14.9. The summed E-state index contributed by atoms with van der Waals surface area (Å²) in [7, 11) is 1.75. The van der Waals surface area contributed by atoms with Gasteiger partial charge in [-0.15, -0.1) is 10.2 Å². The molecule has 1 N–H and O–H groups in total. The second-order valence-corrected chi connectivity index (χ2v) is 8.37. The fourth-order valence-corrected chi connectivity index (χ4v) is 4.34. The highest BCUT2D eigenvalue weighted by atomic mass is 35.5. The monoisotopic (exact) mass is 459 g/mol. The molecule has 0 saturated heterocycles.